The van der Waals surface area contributed by atoms with E-state index in [1.165, 1.54) is 16.8 Å². The normalized spacial score (nSPS) is 40.2. The lowest BCUT2D eigenvalue weighted by molar-refractivity contribution is -0.122. The predicted molar refractivity (Wildman–Crippen MR) is 143 cm³/mol. The maximum Gasteiger partial charge on any atom is 0.155 e. The van der Waals surface area contributed by atoms with E-state index in [4.69, 9.17) is 0 Å². The number of hydrogen-bond acceptors (Lipinski definition) is 3. The van der Waals surface area contributed by atoms with Crippen LogP contribution in [-0.4, -0.2) is 30.6 Å². The van der Waals surface area contributed by atoms with E-state index in [0.29, 0.717) is 35.9 Å². The number of carbonyl (C=O) groups excluding carboxylic acids is 1. The Morgan fingerprint density at radius 2 is 1.77 bits per heavy atom. The summed E-state index contributed by atoms with van der Waals surface area (Å²) in [6.07, 6.45) is 8.58. The highest BCUT2D eigenvalue weighted by molar-refractivity contribution is 5.91. The second-order valence-corrected chi connectivity index (χ2v) is 12.9. The molecule has 0 aromatic heterocycles. The fourth-order valence-electron chi connectivity index (χ4n) is 8.56. The van der Waals surface area contributed by atoms with Crippen LogP contribution in [0.5, 0.6) is 0 Å². The van der Waals surface area contributed by atoms with Gasteiger partial charge < -0.3 is 10.0 Å². The summed E-state index contributed by atoms with van der Waals surface area (Å²) in [7, 11) is 4.17. The highest BCUT2D eigenvalue weighted by Crippen LogP contribution is 2.70. The fourth-order valence-corrected chi connectivity index (χ4v) is 8.56. The molecule has 0 spiro atoms. The van der Waals surface area contributed by atoms with E-state index < -0.39 is 5.60 Å². The molecule has 3 nitrogen and oxygen atoms in total. The average molecular weight is 474 g/mol. The number of fused-ring (bicyclic) bond motifs is 5. The largest absolute Gasteiger partial charge is 0.378 e. The van der Waals surface area contributed by atoms with Crippen LogP contribution in [0.1, 0.15) is 84.1 Å². The van der Waals surface area contributed by atoms with Gasteiger partial charge in [0, 0.05) is 37.5 Å². The van der Waals surface area contributed by atoms with E-state index in [1.807, 2.05) is 6.08 Å². The number of ketones is 1. The standard InChI is InChI=1S/C32H43NO2/c1-21(2)13-17-32(35)18-15-28-26-12-9-23-19-25(34)14-16-30(23,3)29(26)27(20-31(28,32)4)22-7-10-24(11-8-22)33(5)6/h7-8,10-11,19,21,26-29,35H,9,12,14-16,18,20H2,1-6H3/t26-,27?,28-,29?,30-,31-,32-/m0/s1. The van der Waals surface area contributed by atoms with Gasteiger partial charge in [0.1, 0.15) is 5.60 Å². The minimum Gasteiger partial charge on any atom is -0.378 e. The van der Waals surface area contributed by atoms with Crippen LogP contribution in [0.25, 0.3) is 0 Å². The van der Waals surface area contributed by atoms with Crippen molar-refractivity contribution in [3.8, 4) is 11.8 Å². The molecular formula is C32H43NO2. The van der Waals surface area contributed by atoms with Gasteiger partial charge in [-0.1, -0.05) is 57.2 Å². The van der Waals surface area contributed by atoms with Crippen LogP contribution in [0.3, 0.4) is 0 Å². The van der Waals surface area contributed by atoms with Gasteiger partial charge >= 0.3 is 0 Å². The zero-order valence-electron chi connectivity index (χ0n) is 22.5. The molecule has 35 heavy (non-hydrogen) atoms. The molecule has 7 atom stereocenters. The quantitative estimate of drug-likeness (QED) is 0.508. The molecule has 0 bridgehead atoms. The first kappa shape index (κ1) is 24.6. The van der Waals surface area contributed by atoms with Gasteiger partial charge in [0.25, 0.3) is 0 Å². The summed E-state index contributed by atoms with van der Waals surface area (Å²) in [5.41, 5.74) is 2.91. The van der Waals surface area contributed by atoms with Crippen LogP contribution in [0.2, 0.25) is 0 Å². The summed E-state index contributed by atoms with van der Waals surface area (Å²) in [6.45, 7) is 9.01. The van der Waals surface area contributed by atoms with E-state index in [1.54, 1.807) is 0 Å². The Hall–Kier alpha value is -2.05. The van der Waals surface area contributed by atoms with Crippen molar-refractivity contribution in [2.24, 2.45) is 34.5 Å². The summed E-state index contributed by atoms with van der Waals surface area (Å²) in [4.78, 5) is 14.5. The molecule has 1 aromatic carbocycles. The highest BCUT2D eigenvalue weighted by atomic mass is 16.3. The van der Waals surface area contributed by atoms with E-state index >= 15 is 0 Å². The fraction of sp³-hybridized carbons (Fsp3) is 0.656. The van der Waals surface area contributed by atoms with Gasteiger partial charge in [0.2, 0.25) is 0 Å². The van der Waals surface area contributed by atoms with Crippen molar-refractivity contribution in [1.82, 2.24) is 0 Å². The van der Waals surface area contributed by atoms with Crippen LogP contribution < -0.4 is 4.90 Å². The second-order valence-electron chi connectivity index (χ2n) is 12.9. The molecule has 0 aliphatic heterocycles. The molecular weight excluding hydrogens is 430 g/mol. The maximum absolute atomic E-state index is 12.4. The first-order valence-electron chi connectivity index (χ1n) is 13.7. The highest BCUT2D eigenvalue weighted by Gasteiger charge is 2.66. The van der Waals surface area contributed by atoms with Gasteiger partial charge in [0.15, 0.2) is 5.78 Å². The van der Waals surface area contributed by atoms with Crippen molar-refractivity contribution in [1.29, 1.82) is 0 Å². The van der Waals surface area contributed by atoms with Crippen molar-refractivity contribution in [3.63, 3.8) is 0 Å². The molecule has 0 radical (unpaired) electrons. The Morgan fingerprint density at radius 1 is 1.06 bits per heavy atom. The lowest BCUT2D eigenvalue weighted by Gasteiger charge is -2.61. The van der Waals surface area contributed by atoms with E-state index in [9.17, 15) is 9.90 Å². The Kier molecular flexibility index (Phi) is 5.99. The maximum atomic E-state index is 12.4. The summed E-state index contributed by atoms with van der Waals surface area (Å²) in [6, 6.07) is 9.13. The number of rotatable bonds is 2. The smallest absolute Gasteiger partial charge is 0.155 e. The molecule has 1 N–H and O–H groups in total. The lowest BCUT2D eigenvalue weighted by atomic mass is 9.43. The van der Waals surface area contributed by atoms with E-state index in [0.717, 1.165) is 38.5 Å². The third-order valence-electron chi connectivity index (χ3n) is 10.5. The molecule has 0 saturated heterocycles. The number of nitrogens with zero attached hydrogens (tertiary/aromatic N) is 1. The number of carbonyl (C=O) groups is 1. The Balaban J connectivity index is 1.63. The third-order valence-corrected chi connectivity index (χ3v) is 10.5. The third kappa shape index (κ3) is 3.79. The van der Waals surface area contributed by atoms with E-state index in [-0.39, 0.29) is 16.7 Å². The molecule has 3 fully saturated rings. The predicted octanol–water partition coefficient (Wildman–Crippen LogP) is 6.37. The van der Waals surface area contributed by atoms with Gasteiger partial charge in [0.05, 0.1) is 0 Å². The number of aliphatic hydroxyl groups is 1. The van der Waals surface area contributed by atoms with Crippen LogP contribution in [-0.2, 0) is 4.79 Å². The number of anilines is 1. The molecule has 2 unspecified atom stereocenters. The topological polar surface area (TPSA) is 40.5 Å². The number of benzene rings is 1. The zero-order chi connectivity index (χ0) is 25.2. The first-order chi connectivity index (χ1) is 16.5. The SMILES string of the molecule is CC(C)C#C[C@]1(O)CC[C@H]2[C@@H]3CCC4=CC(=O)CC[C@]4(C)C3C(c3ccc(N(C)C)cc3)C[C@@]21C. The molecule has 4 aliphatic rings. The molecule has 5 rings (SSSR count). The second kappa shape index (κ2) is 8.52. The molecule has 0 heterocycles. The van der Waals surface area contributed by atoms with Crippen LogP contribution >= 0.6 is 0 Å². The van der Waals surface area contributed by atoms with Gasteiger partial charge in [-0.2, -0.15) is 0 Å². The summed E-state index contributed by atoms with van der Waals surface area (Å²) in [5.74, 6) is 9.19. The van der Waals surface area contributed by atoms with Crippen molar-refractivity contribution < 1.29 is 9.90 Å². The zero-order valence-corrected chi connectivity index (χ0v) is 22.5. The van der Waals surface area contributed by atoms with Crippen LogP contribution in [0, 0.1) is 46.3 Å². The summed E-state index contributed by atoms with van der Waals surface area (Å²) < 4.78 is 0. The van der Waals surface area contributed by atoms with Gasteiger partial charge in [-0.15, -0.1) is 0 Å². The minimum absolute atomic E-state index is 0.0629. The summed E-state index contributed by atoms with van der Waals surface area (Å²) >= 11 is 0. The van der Waals surface area contributed by atoms with Gasteiger partial charge in [-0.3, -0.25) is 4.79 Å². The molecule has 3 heteroatoms. The summed E-state index contributed by atoms with van der Waals surface area (Å²) in [5, 5.41) is 12.1. The van der Waals surface area contributed by atoms with Crippen LogP contribution in [0.4, 0.5) is 5.69 Å². The van der Waals surface area contributed by atoms with E-state index in [2.05, 4.69) is 82.8 Å². The molecule has 188 valence electrons. The number of hydrogen-bond donors (Lipinski definition) is 1. The Bertz CT molecular complexity index is 1090. The average Bonchev–Trinajstić information content (AvgIpc) is 3.08. The van der Waals surface area contributed by atoms with Gasteiger partial charge in [-0.25, -0.2) is 0 Å². The molecule has 0 amide bonds. The van der Waals surface area contributed by atoms with Crippen molar-refractivity contribution in [2.75, 3.05) is 19.0 Å². The monoisotopic (exact) mass is 473 g/mol. The van der Waals surface area contributed by atoms with Crippen molar-refractivity contribution in [2.45, 2.75) is 84.2 Å². The Labute approximate surface area is 212 Å². The van der Waals surface area contributed by atoms with Crippen LogP contribution in [0.15, 0.2) is 35.9 Å². The minimum atomic E-state index is -0.922. The van der Waals surface area contributed by atoms with Crippen molar-refractivity contribution >= 4 is 11.5 Å². The van der Waals surface area contributed by atoms with Gasteiger partial charge in [-0.05, 0) is 91.4 Å². The van der Waals surface area contributed by atoms with Crippen molar-refractivity contribution in [3.05, 3.63) is 41.5 Å². The Morgan fingerprint density at radius 3 is 2.43 bits per heavy atom. The lowest BCUT2D eigenvalue weighted by Crippen LogP contribution is -2.57. The first-order valence-corrected chi connectivity index (χ1v) is 13.7. The molecule has 1 aromatic rings. The molecule has 4 aliphatic carbocycles. The number of allylic oxidation sites excluding steroid dienone is 1. The molecule has 3 saturated carbocycles.